The van der Waals surface area contributed by atoms with Crippen molar-refractivity contribution >= 4 is 10.8 Å². The van der Waals surface area contributed by atoms with Crippen molar-refractivity contribution in [3.63, 3.8) is 0 Å². The van der Waals surface area contributed by atoms with Gasteiger partial charge in [0.05, 0.1) is 0 Å². The van der Waals surface area contributed by atoms with Gasteiger partial charge in [-0.3, -0.25) is 0 Å². The molecule has 0 amide bonds. The van der Waals surface area contributed by atoms with Crippen LogP contribution in [-0.2, 0) is 5.41 Å². The Hall–Kier alpha value is -5.93. The molecule has 0 radical (unpaired) electrons. The third-order valence-electron chi connectivity index (χ3n) is 11.1. The predicted octanol–water partition coefficient (Wildman–Crippen LogP) is 12.5. The van der Waals surface area contributed by atoms with Gasteiger partial charge < -0.3 is 0 Å². The third kappa shape index (κ3) is 6.28. The number of hydrogen-bond donors (Lipinski definition) is 0. The molecule has 1 fully saturated rings. The van der Waals surface area contributed by atoms with Crippen LogP contribution in [0.4, 0.5) is 0 Å². The topological polar surface area (TPSA) is 38.7 Å². The molecular weight excluding hydrogens is 631 g/mol. The van der Waals surface area contributed by atoms with E-state index in [-0.39, 0.29) is 11.3 Å². The van der Waals surface area contributed by atoms with Crippen molar-refractivity contribution in [2.24, 2.45) is 0 Å². The molecule has 0 spiro atoms. The quantitative estimate of drug-likeness (QED) is 0.169. The Morgan fingerprint density at radius 3 is 1.62 bits per heavy atom. The normalized spacial score (nSPS) is 16.6. The molecule has 1 atom stereocenters. The Kier molecular flexibility index (Phi) is 8.62. The van der Waals surface area contributed by atoms with Gasteiger partial charge in [0.25, 0.3) is 0 Å². The molecule has 1 unspecified atom stereocenters. The number of aromatic nitrogens is 3. The highest BCUT2D eigenvalue weighted by atomic mass is 15.0. The molecule has 1 saturated carbocycles. The standard InChI is InChI=1S/C49H41N3/c1-4-12-35(13-5-1)37-18-20-38(21-19-37)39-24-28-44(29-25-39)49(32-10-3-11-33-49)45-30-26-41(27-31-45)47-50-46(40-15-6-2-7-16-40)51-48(52-47)43-23-22-36-14-8-9-17-42(36)34-43/h1-2,4-9,12-15,17-31,34,40H,3,10-11,16,32-33H2. The van der Waals surface area contributed by atoms with E-state index >= 15 is 0 Å². The van der Waals surface area contributed by atoms with E-state index in [1.165, 1.54) is 63.4 Å². The van der Waals surface area contributed by atoms with E-state index in [4.69, 9.17) is 15.0 Å². The van der Waals surface area contributed by atoms with Crippen LogP contribution >= 0.6 is 0 Å². The van der Waals surface area contributed by atoms with E-state index < -0.39 is 0 Å². The number of hydrogen-bond acceptors (Lipinski definition) is 3. The lowest BCUT2D eigenvalue weighted by atomic mass is 9.65. The molecular formula is C49H41N3. The van der Waals surface area contributed by atoms with Crippen LogP contribution in [0.15, 0.2) is 170 Å². The van der Waals surface area contributed by atoms with Crippen molar-refractivity contribution < 1.29 is 0 Å². The maximum Gasteiger partial charge on any atom is 0.163 e. The highest BCUT2D eigenvalue weighted by molar-refractivity contribution is 5.86. The van der Waals surface area contributed by atoms with Crippen LogP contribution in [0.25, 0.3) is 55.8 Å². The molecule has 0 saturated heterocycles. The number of nitrogens with zero attached hydrogens (tertiary/aromatic N) is 3. The zero-order chi connectivity index (χ0) is 34.7. The molecule has 2 aliphatic carbocycles. The van der Waals surface area contributed by atoms with Crippen LogP contribution < -0.4 is 0 Å². The summed E-state index contributed by atoms with van der Waals surface area (Å²) in [5.74, 6) is 2.39. The fourth-order valence-electron chi connectivity index (χ4n) is 8.22. The summed E-state index contributed by atoms with van der Waals surface area (Å²) in [6.07, 6.45) is 15.5. The fourth-order valence-corrected chi connectivity index (χ4v) is 8.22. The van der Waals surface area contributed by atoms with Gasteiger partial charge in [-0.2, -0.15) is 0 Å². The van der Waals surface area contributed by atoms with E-state index in [0.717, 1.165) is 47.9 Å². The van der Waals surface area contributed by atoms with Gasteiger partial charge in [-0.25, -0.2) is 15.0 Å². The zero-order valence-corrected chi connectivity index (χ0v) is 29.3. The average Bonchev–Trinajstić information content (AvgIpc) is 3.24. The first-order valence-corrected chi connectivity index (χ1v) is 18.7. The first kappa shape index (κ1) is 32.0. The van der Waals surface area contributed by atoms with Crippen LogP contribution in [0, 0.1) is 0 Å². The fraction of sp³-hybridized carbons (Fsp3) is 0.163. The molecule has 6 aromatic carbocycles. The highest BCUT2D eigenvalue weighted by Crippen LogP contribution is 2.46. The molecule has 0 aliphatic heterocycles. The first-order chi connectivity index (χ1) is 25.7. The molecule has 9 rings (SSSR count). The summed E-state index contributed by atoms with van der Waals surface area (Å²) in [5, 5.41) is 2.39. The van der Waals surface area contributed by atoms with Crippen LogP contribution in [0.1, 0.15) is 61.4 Å². The molecule has 0 N–H and O–H groups in total. The van der Waals surface area contributed by atoms with Crippen LogP contribution in [0.5, 0.6) is 0 Å². The van der Waals surface area contributed by atoms with Crippen molar-refractivity contribution in [1.82, 2.24) is 15.0 Å². The summed E-state index contributed by atoms with van der Waals surface area (Å²) < 4.78 is 0. The second-order valence-electron chi connectivity index (χ2n) is 14.3. The Balaban J connectivity index is 1.04. The number of benzene rings is 6. The van der Waals surface area contributed by atoms with E-state index in [0.29, 0.717) is 0 Å². The number of fused-ring (bicyclic) bond motifs is 1. The molecule has 52 heavy (non-hydrogen) atoms. The molecule has 3 nitrogen and oxygen atoms in total. The number of allylic oxidation sites excluding steroid dienone is 4. The van der Waals surface area contributed by atoms with Crippen molar-refractivity contribution in [3.05, 3.63) is 187 Å². The van der Waals surface area contributed by atoms with E-state index in [2.05, 4.69) is 170 Å². The van der Waals surface area contributed by atoms with E-state index in [1.54, 1.807) is 0 Å². The van der Waals surface area contributed by atoms with Gasteiger partial charge >= 0.3 is 0 Å². The lowest BCUT2D eigenvalue weighted by Crippen LogP contribution is -2.30. The first-order valence-electron chi connectivity index (χ1n) is 18.7. The van der Waals surface area contributed by atoms with Gasteiger partial charge in [0.1, 0.15) is 5.82 Å². The lowest BCUT2D eigenvalue weighted by molar-refractivity contribution is 0.346. The van der Waals surface area contributed by atoms with Gasteiger partial charge in [0, 0.05) is 22.5 Å². The monoisotopic (exact) mass is 671 g/mol. The molecule has 1 heterocycles. The minimum atomic E-state index is -0.00772. The smallest absolute Gasteiger partial charge is 0.163 e. The SMILES string of the molecule is C1=CCC(c2nc(-c3ccc(C4(c5ccc(-c6ccc(-c7ccccc7)cc6)cc5)CCCCC4)cc3)nc(-c3ccc4ccccc4c3)n2)C=C1. The second-order valence-corrected chi connectivity index (χ2v) is 14.3. The Bertz CT molecular complexity index is 2380. The maximum absolute atomic E-state index is 5.09. The minimum absolute atomic E-state index is 0.00772. The largest absolute Gasteiger partial charge is 0.212 e. The Morgan fingerprint density at radius 2 is 0.981 bits per heavy atom. The summed E-state index contributed by atoms with van der Waals surface area (Å²) in [5.41, 5.74) is 9.78. The van der Waals surface area contributed by atoms with Gasteiger partial charge in [-0.1, -0.05) is 183 Å². The summed E-state index contributed by atoms with van der Waals surface area (Å²) >= 11 is 0. The predicted molar refractivity (Wildman–Crippen MR) is 215 cm³/mol. The van der Waals surface area contributed by atoms with Gasteiger partial charge in [-0.15, -0.1) is 0 Å². The third-order valence-corrected chi connectivity index (χ3v) is 11.1. The summed E-state index contributed by atoms with van der Waals surface area (Å²) in [6.45, 7) is 0. The lowest BCUT2D eigenvalue weighted by Gasteiger charge is -2.39. The van der Waals surface area contributed by atoms with Crippen LogP contribution in [0.2, 0.25) is 0 Å². The van der Waals surface area contributed by atoms with E-state index in [9.17, 15) is 0 Å². The Morgan fingerprint density at radius 1 is 0.442 bits per heavy atom. The Labute approximate surface area is 306 Å². The molecule has 3 heteroatoms. The van der Waals surface area contributed by atoms with Crippen LogP contribution in [0.3, 0.4) is 0 Å². The van der Waals surface area contributed by atoms with Crippen molar-refractivity contribution in [1.29, 1.82) is 0 Å². The summed E-state index contributed by atoms with van der Waals surface area (Å²) in [7, 11) is 0. The second kappa shape index (κ2) is 14.0. The highest BCUT2D eigenvalue weighted by Gasteiger charge is 2.35. The van der Waals surface area contributed by atoms with Gasteiger partial charge in [-0.05, 0) is 69.5 Å². The van der Waals surface area contributed by atoms with Crippen molar-refractivity contribution in [2.45, 2.75) is 49.9 Å². The van der Waals surface area contributed by atoms with E-state index in [1.807, 2.05) is 0 Å². The molecule has 2 aliphatic rings. The van der Waals surface area contributed by atoms with Gasteiger partial charge in [0.2, 0.25) is 0 Å². The number of rotatable bonds is 7. The molecule has 7 aromatic rings. The maximum atomic E-state index is 5.09. The van der Waals surface area contributed by atoms with Gasteiger partial charge in [0.15, 0.2) is 11.6 Å². The zero-order valence-electron chi connectivity index (χ0n) is 29.3. The summed E-state index contributed by atoms with van der Waals surface area (Å²) in [6, 6.07) is 52.9. The van der Waals surface area contributed by atoms with Crippen molar-refractivity contribution in [3.8, 4) is 45.0 Å². The average molecular weight is 672 g/mol. The molecule has 1 aromatic heterocycles. The van der Waals surface area contributed by atoms with Crippen molar-refractivity contribution in [2.75, 3.05) is 0 Å². The summed E-state index contributed by atoms with van der Waals surface area (Å²) in [4.78, 5) is 15.2. The molecule has 0 bridgehead atoms. The molecule has 252 valence electrons. The van der Waals surface area contributed by atoms with Crippen LogP contribution in [-0.4, -0.2) is 15.0 Å². The minimum Gasteiger partial charge on any atom is -0.212 e.